The second-order valence-electron chi connectivity index (χ2n) is 23.8. The summed E-state index contributed by atoms with van der Waals surface area (Å²) in [6, 6.07) is 18.7. The molecule has 0 fully saturated rings. The van der Waals surface area contributed by atoms with Crippen molar-refractivity contribution >= 4 is 0 Å². The Labute approximate surface area is 447 Å². The summed E-state index contributed by atoms with van der Waals surface area (Å²) in [6.45, 7) is 34.0. The lowest BCUT2D eigenvalue weighted by atomic mass is 9.88. The Morgan fingerprint density at radius 3 is 1.12 bits per heavy atom. The molecule has 6 aromatic heterocycles. The average molecular weight is 1090 g/mol. The fourth-order valence-corrected chi connectivity index (χ4v) is 6.01. The van der Waals surface area contributed by atoms with Gasteiger partial charge < -0.3 is 13.7 Å². The van der Waals surface area contributed by atoms with Gasteiger partial charge in [0.2, 0.25) is 5.56 Å². The van der Waals surface area contributed by atoms with Gasteiger partial charge in [-0.15, -0.1) is 31.0 Å². The third-order valence-electron chi connectivity index (χ3n) is 11.3. The third-order valence-corrected chi connectivity index (χ3v) is 11.3. The second kappa shape index (κ2) is 26.5. The Balaban J connectivity index is 0.000000463. The zero-order chi connectivity index (χ0) is 60.2. The van der Waals surface area contributed by atoms with Crippen LogP contribution in [0.25, 0.3) is 0 Å². The Kier molecular flexibility index (Phi) is 23.4. The highest BCUT2D eigenvalue weighted by Gasteiger charge is 2.34. The van der Waals surface area contributed by atoms with Crippen LogP contribution in [-0.4, -0.2) is 37.8 Å². The Bertz CT molecular complexity index is 3110. The quantitative estimate of drug-likeness (QED) is 0.147. The minimum absolute atomic E-state index is 0.00542. The molecule has 0 saturated carbocycles. The van der Waals surface area contributed by atoms with Crippen molar-refractivity contribution in [3.63, 3.8) is 0 Å². The first-order valence-electron chi connectivity index (χ1n) is 24.6. The van der Waals surface area contributed by atoms with Crippen molar-refractivity contribution in [2.45, 2.75) is 163 Å². The molecule has 0 aromatic carbocycles. The van der Waals surface area contributed by atoms with E-state index in [0.29, 0.717) is 5.56 Å². The van der Waals surface area contributed by atoms with Gasteiger partial charge in [0.05, 0.1) is 11.4 Å². The van der Waals surface area contributed by atoms with Crippen molar-refractivity contribution < 1.29 is 26.3 Å². The van der Waals surface area contributed by atoms with Gasteiger partial charge in [0.15, 0.2) is 0 Å². The highest BCUT2D eigenvalue weighted by Crippen LogP contribution is 2.26. The fraction of sp³-hybridized carbons (Fsp3) is 0.509. The molecule has 14 nitrogen and oxygen atoms in total. The lowest BCUT2D eigenvalue weighted by molar-refractivity contribution is -0.215. The van der Waals surface area contributed by atoms with E-state index in [-0.39, 0.29) is 60.1 Å². The summed E-state index contributed by atoms with van der Waals surface area (Å²) < 4.78 is 79.2. The summed E-state index contributed by atoms with van der Waals surface area (Å²) in [6.07, 6.45) is -3.04. The molecule has 0 N–H and O–H groups in total. The maximum Gasteiger partial charge on any atom is 0.507 e. The molecule has 0 aliphatic carbocycles. The summed E-state index contributed by atoms with van der Waals surface area (Å²) in [5, 5.41) is 7.37. The number of hydrogen-bond acceptors (Lipinski definition) is 8. The minimum atomic E-state index is -4.75. The molecule has 6 rings (SSSR count). The van der Waals surface area contributed by atoms with Crippen LogP contribution in [0.2, 0.25) is 0 Å². The fourth-order valence-electron chi connectivity index (χ4n) is 6.01. The van der Waals surface area contributed by atoms with Crippen LogP contribution in [-0.2, 0) is 67.9 Å². The molecule has 0 bridgehead atoms. The Hall–Kier alpha value is -6.86. The van der Waals surface area contributed by atoms with Crippen LogP contribution in [0.4, 0.5) is 26.3 Å². The molecule has 0 unspecified atom stereocenters. The van der Waals surface area contributed by atoms with Gasteiger partial charge in [-0.05, 0) is 74.1 Å². The number of nitrogens with zero attached hydrogens (tertiary/aromatic N) is 8. The molecular formula is C57H80F6N8O6. The number of alkyl halides is 6. The number of halogens is 6. The van der Waals surface area contributed by atoms with E-state index in [9.17, 15) is 55.1 Å². The lowest BCUT2D eigenvalue weighted by Crippen LogP contribution is -2.33. The Morgan fingerprint density at radius 2 is 0.779 bits per heavy atom. The lowest BCUT2D eigenvalue weighted by Gasteiger charge is -2.20. The van der Waals surface area contributed by atoms with Crippen molar-refractivity contribution in [2.75, 3.05) is 0 Å². The molecular weight excluding hydrogens is 1010 g/mol. The first kappa shape index (κ1) is 68.2. The smallest absolute Gasteiger partial charge is 0.319 e. The van der Waals surface area contributed by atoms with E-state index in [2.05, 4.69) is 93.3 Å². The molecule has 426 valence electrons. The number of aromatic nitrogens is 8. The molecule has 6 heterocycles. The van der Waals surface area contributed by atoms with Crippen LogP contribution in [0.1, 0.15) is 157 Å². The summed E-state index contributed by atoms with van der Waals surface area (Å²) >= 11 is 0. The topological polar surface area (TPSA) is 158 Å². The first-order valence-corrected chi connectivity index (χ1v) is 24.6. The van der Waals surface area contributed by atoms with Crippen molar-refractivity contribution in [2.24, 2.45) is 28.2 Å². The van der Waals surface area contributed by atoms with E-state index in [1.807, 2.05) is 36.8 Å². The molecule has 6 aromatic rings. The predicted octanol–water partition coefficient (Wildman–Crippen LogP) is 10.6. The van der Waals surface area contributed by atoms with Gasteiger partial charge in [0.1, 0.15) is 0 Å². The summed E-state index contributed by atoms with van der Waals surface area (Å²) in [5.41, 5.74) is 2.71. The van der Waals surface area contributed by atoms with Crippen molar-refractivity contribution in [3.8, 4) is 0 Å². The molecule has 0 amide bonds. The van der Waals surface area contributed by atoms with Gasteiger partial charge >= 0.3 is 12.6 Å². The normalized spacial score (nSPS) is 12.0. The van der Waals surface area contributed by atoms with Crippen LogP contribution < -0.4 is 33.4 Å². The molecule has 0 spiro atoms. The molecule has 0 aliphatic heterocycles. The van der Waals surface area contributed by atoms with Gasteiger partial charge in [-0.2, -0.15) is 10.2 Å². The van der Waals surface area contributed by atoms with Crippen LogP contribution >= 0.6 is 0 Å². The highest BCUT2D eigenvalue weighted by atomic mass is 19.4. The van der Waals surface area contributed by atoms with Gasteiger partial charge in [0.25, 0.3) is 27.8 Å². The molecule has 0 radical (unpaired) electrons. The van der Waals surface area contributed by atoms with Crippen molar-refractivity contribution in [1.82, 2.24) is 37.8 Å². The first-order chi connectivity index (χ1) is 34.6. The SMILES string of the molecule is CC(C)(C)c1ccc(=O)n(C(F)(F)F)c1.CC(C)c1ccc(=O)n(C(F)(F)F)n1.Cn1cc(C(C)(C)C)ccc1=O.Cn1ccc(C(C)(C)C)cc1=O.Cn1ccc(C(C)(C)C)cc1=O.Cn1nc(C(C)(C)C)ccc1=O. The number of hydrogen-bond donors (Lipinski definition) is 0. The van der Waals surface area contributed by atoms with E-state index < -0.39 is 33.8 Å². The number of rotatable bonds is 1. The van der Waals surface area contributed by atoms with Crippen LogP contribution in [0, 0.1) is 0 Å². The molecule has 0 atom stereocenters. The van der Waals surface area contributed by atoms with Crippen LogP contribution in [0.5, 0.6) is 0 Å². The van der Waals surface area contributed by atoms with E-state index in [1.165, 1.54) is 22.4 Å². The second-order valence-corrected chi connectivity index (χ2v) is 23.8. The summed E-state index contributed by atoms with van der Waals surface area (Å²) in [7, 11) is 6.96. The van der Waals surface area contributed by atoms with Crippen LogP contribution in [0.15, 0.2) is 126 Å². The van der Waals surface area contributed by atoms with E-state index in [1.54, 1.807) is 107 Å². The molecule has 0 saturated heterocycles. The number of aryl methyl sites for hydroxylation is 4. The van der Waals surface area contributed by atoms with Crippen molar-refractivity contribution in [3.05, 3.63) is 193 Å². The number of pyridine rings is 4. The molecule has 0 aliphatic rings. The minimum Gasteiger partial charge on any atom is -0.319 e. The van der Waals surface area contributed by atoms with Gasteiger partial charge in [-0.1, -0.05) is 130 Å². The van der Waals surface area contributed by atoms with Crippen LogP contribution in [0.3, 0.4) is 0 Å². The average Bonchev–Trinajstić information content (AvgIpc) is 3.26. The summed E-state index contributed by atoms with van der Waals surface area (Å²) in [5.74, 6) is -0.149. The van der Waals surface area contributed by atoms with E-state index >= 15 is 0 Å². The largest absolute Gasteiger partial charge is 0.507 e. The molecule has 20 heteroatoms. The standard InChI is InChI=1S/C10H12F3NO.3C10H15NO.C9H14N2O.C8H9F3N2O/c1-9(2,3)7-4-5-8(15)14(6-7)10(11,12)13;2*1-10(2,3)8-5-6-11(4)9(12)7-8;1-10(2,3)8-5-6-9(12)11(4)7-8;1-9(2,3)7-5-6-8(12)11(4)10-7;1-5(2)6-3-4-7(14)13(12-6)8(9,10)11/h4-6H,1-3H3;3*5-7H,1-4H3;5-6H,1-4H3;3-5H,1-2H3. The highest BCUT2D eigenvalue weighted by molar-refractivity contribution is 5.22. The summed E-state index contributed by atoms with van der Waals surface area (Å²) in [4.78, 5) is 66.4. The maximum atomic E-state index is 12.4. The monoisotopic (exact) mass is 1090 g/mol. The maximum absolute atomic E-state index is 12.4. The predicted molar refractivity (Wildman–Crippen MR) is 294 cm³/mol. The zero-order valence-electron chi connectivity index (χ0n) is 48.6. The van der Waals surface area contributed by atoms with Crippen molar-refractivity contribution in [1.29, 1.82) is 0 Å². The van der Waals surface area contributed by atoms with E-state index in [4.69, 9.17) is 0 Å². The Morgan fingerprint density at radius 1 is 0.390 bits per heavy atom. The third kappa shape index (κ3) is 22.7. The van der Waals surface area contributed by atoms with Gasteiger partial charge in [0, 0.05) is 94.8 Å². The van der Waals surface area contributed by atoms with E-state index in [0.717, 1.165) is 35.2 Å². The zero-order valence-corrected chi connectivity index (χ0v) is 48.6. The van der Waals surface area contributed by atoms with Gasteiger partial charge in [-0.25, -0.2) is 9.25 Å². The van der Waals surface area contributed by atoms with Gasteiger partial charge in [-0.3, -0.25) is 28.8 Å². The molecule has 77 heavy (non-hydrogen) atoms.